The van der Waals surface area contributed by atoms with E-state index < -0.39 is 0 Å². The van der Waals surface area contributed by atoms with E-state index in [4.69, 9.17) is 9.47 Å². The molecule has 4 aromatic rings. The van der Waals surface area contributed by atoms with Crippen LogP contribution in [0.5, 0.6) is 11.5 Å². The Balaban J connectivity index is 1.45. The van der Waals surface area contributed by atoms with Gasteiger partial charge in [0.2, 0.25) is 6.79 Å². The van der Waals surface area contributed by atoms with Gasteiger partial charge in [-0.2, -0.15) is 5.10 Å². The highest BCUT2D eigenvalue weighted by Gasteiger charge is 2.18. The Kier molecular flexibility index (Phi) is 3.18. The van der Waals surface area contributed by atoms with Gasteiger partial charge in [-0.05, 0) is 29.8 Å². The van der Waals surface area contributed by atoms with Crippen LogP contribution in [0.4, 0.5) is 5.82 Å². The molecule has 2 aromatic carbocycles. The smallest absolute Gasteiger partial charge is 0.273 e. The molecule has 0 bridgehead atoms. The molecule has 0 fully saturated rings. The number of nitrogens with one attached hydrogen (secondary N) is 3. The highest BCUT2D eigenvalue weighted by Crippen LogP contribution is 2.37. The first kappa shape index (κ1) is 14.6. The van der Waals surface area contributed by atoms with Crippen LogP contribution < -0.4 is 14.8 Å². The van der Waals surface area contributed by atoms with Crippen LogP contribution in [0.25, 0.3) is 22.0 Å². The largest absolute Gasteiger partial charge is 0.454 e. The van der Waals surface area contributed by atoms with Gasteiger partial charge in [-0.3, -0.25) is 9.89 Å². The van der Waals surface area contributed by atoms with Crippen LogP contribution in [-0.4, -0.2) is 27.9 Å². The fraction of sp³-hybridized carbons (Fsp3) is 0.0526. The van der Waals surface area contributed by atoms with Crippen LogP contribution in [0.2, 0.25) is 0 Å². The summed E-state index contributed by atoms with van der Waals surface area (Å²) in [6, 6.07) is 15.2. The van der Waals surface area contributed by atoms with E-state index in [-0.39, 0.29) is 12.7 Å². The first-order valence-electron chi connectivity index (χ1n) is 8.10. The molecule has 1 amide bonds. The summed E-state index contributed by atoms with van der Waals surface area (Å²) in [6.45, 7) is 0.216. The van der Waals surface area contributed by atoms with Crippen LogP contribution in [0.3, 0.4) is 0 Å². The summed E-state index contributed by atoms with van der Waals surface area (Å²) in [5.74, 6) is 1.66. The van der Waals surface area contributed by atoms with Crippen molar-refractivity contribution in [3.63, 3.8) is 0 Å². The van der Waals surface area contributed by atoms with Crippen molar-refractivity contribution in [2.75, 3.05) is 12.1 Å². The fourth-order valence-corrected chi connectivity index (χ4v) is 3.04. The van der Waals surface area contributed by atoms with E-state index in [1.807, 2.05) is 48.5 Å². The highest BCUT2D eigenvalue weighted by atomic mass is 16.7. The summed E-state index contributed by atoms with van der Waals surface area (Å²) < 4.78 is 10.7. The summed E-state index contributed by atoms with van der Waals surface area (Å²) in [7, 11) is 0. The normalized spacial score (nSPS) is 12.5. The Bertz CT molecular complexity index is 1100. The van der Waals surface area contributed by atoms with E-state index in [0.29, 0.717) is 23.0 Å². The number of amides is 1. The number of para-hydroxylation sites is 1. The topological polar surface area (TPSA) is 92.0 Å². The van der Waals surface area contributed by atoms with Crippen molar-refractivity contribution in [1.29, 1.82) is 0 Å². The molecule has 0 spiro atoms. The summed E-state index contributed by atoms with van der Waals surface area (Å²) >= 11 is 0. The molecule has 1 aliphatic heterocycles. The second-order valence-corrected chi connectivity index (χ2v) is 5.95. The van der Waals surface area contributed by atoms with E-state index in [0.717, 1.165) is 22.0 Å². The third kappa shape index (κ3) is 2.37. The number of H-pyrrole nitrogens is 2. The second kappa shape index (κ2) is 5.66. The Morgan fingerprint density at radius 2 is 1.96 bits per heavy atom. The van der Waals surface area contributed by atoms with Gasteiger partial charge in [0.1, 0.15) is 11.5 Å². The fourth-order valence-electron chi connectivity index (χ4n) is 3.04. The van der Waals surface area contributed by atoms with Gasteiger partial charge >= 0.3 is 0 Å². The van der Waals surface area contributed by atoms with Crippen molar-refractivity contribution >= 4 is 22.6 Å². The van der Waals surface area contributed by atoms with E-state index in [2.05, 4.69) is 20.5 Å². The van der Waals surface area contributed by atoms with Gasteiger partial charge < -0.3 is 19.8 Å². The average molecular weight is 346 g/mol. The van der Waals surface area contributed by atoms with Crippen molar-refractivity contribution in [1.82, 2.24) is 15.2 Å². The SMILES string of the molecule is O=C(Nc1[nH]ncc1-c1ccc2c(c1)OCO2)c1cc2ccccc2[nH]1. The standard InChI is InChI=1S/C19H14N4O3/c24-19(15-7-12-3-1-2-4-14(12)21-15)22-18-13(9-20-23-18)11-5-6-16-17(8-11)26-10-25-16/h1-9,21H,10H2,(H2,20,22,23,24). The number of fused-ring (bicyclic) bond motifs is 2. The van der Waals surface area contributed by atoms with Crippen molar-refractivity contribution in [2.45, 2.75) is 0 Å². The zero-order valence-electron chi connectivity index (χ0n) is 13.6. The van der Waals surface area contributed by atoms with Crippen LogP contribution in [0.15, 0.2) is 54.7 Å². The monoisotopic (exact) mass is 346 g/mol. The molecule has 128 valence electrons. The molecule has 7 nitrogen and oxygen atoms in total. The third-order valence-electron chi connectivity index (χ3n) is 4.34. The Labute approximate surface area is 147 Å². The molecule has 1 aliphatic rings. The number of aromatic nitrogens is 3. The van der Waals surface area contributed by atoms with Gasteiger partial charge in [-0.25, -0.2) is 0 Å². The van der Waals surface area contributed by atoms with Gasteiger partial charge in [-0.15, -0.1) is 0 Å². The van der Waals surface area contributed by atoms with Crippen molar-refractivity contribution in [2.24, 2.45) is 0 Å². The summed E-state index contributed by atoms with van der Waals surface area (Å²) in [4.78, 5) is 15.7. The van der Waals surface area contributed by atoms with Crippen LogP contribution >= 0.6 is 0 Å². The number of ether oxygens (including phenoxy) is 2. The lowest BCUT2D eigenvalue weighted by molar-refractivity contribution is 0.102. The minimum atomic E-state index is -0.243. The van der Waals surface area contributed by atoms with E-state index >= 15 is 0 Å². The molecule has 0 unspecified atom stereocenters. The predicted molar refractivity (Wildman–Crippen MR) is 96.4 cm³/mol. The lowest BCUT2D eigenvalue weighted by Crippen LogP contribution is -2.13. The molecule has 26 heavy (non-hydrogen) atoms. The van der Waals surface area contributed by atoms with Crippen molar-refractivity contribution < 1.29 is 14.3 Å². The third-order valence-corrected chi connectivity index (χ3v) is 4.34. The number of carbonyl (C=O) groups is 1. The van der Waals surface area contributed by atoms with Gasteiger partial charge in [0.05, 0.1) is 6.20 Å². The maximum atomic E-state index is 12.6. The number of rotatable bonds is 3. The summed E-state index contributed by atoms with van der Waals surface area (Å²) in [5, 5.41) is 10.8. The predicted octanol–water partition coefficient (Wildman–Crippen LogP) is 3.54. The van der Waals surface area contributed by atoms with Gasteiger partial charge in [0.25, 0.3) is 5.91 Å². The quantitative estimate of drug-likeness (QED) is 0.529. The molecule has 7 heteroatoms. The average Bonchev–Trinajstić information content (AvgIpc) is 3.39. The van der Waals surface area contributed by atoms with Gasteiger partial charge in [-0.1, -0.05) is 24.3 Å². The Morgan fingerprint density at radius 3 is 2.88 bits per heavy atom. The molecule has 5 rings (SSSR count). The number of carbonyl (C=O) groups excluding carboxylic acids is 1. The number of hydrogen-bond acceptors (Lipinski definition) is 4. The zero-order chi connectivity index (χ0) is 17.5. The Hall–Kier alpha value is -3.74. The van der Waals surface area contributed by atoms with E-state index in [1.54, 1.807) is 6.20 Å². The highest BCUT2D eigenvalue weighted by molar-refractivity contribution is 6.07. The van der Waals surface area contributed by atoms with Gasteiger partial charge in [0.15, 0.2) is 11.5 Å². The molecular weight excluding hydrogens is 332 g/mol. The molecule has 2 aromatic heterocycles. The van der Waals surface area contributed by atoms with Crippen LogP contribution in [0.1, 0.15) is 10.5 Å². The number of benzene rings is 2. The van der Waals surface area contributed by atoms with Crippen LogP contribution in [0, 0.1) is 0 Å². The molecule has 0 radical (unpaired) electrons. The number of hydrogen-bond donors (Lipinski definition) is 3. The zero-order valence-corrected chi connectivity index (χ0v) is 13.6. The van der Waals surface area contributed by atoms with E-state index in [9.17, 15) is 4.79 Å². The number of anilines is 1. The molecule has 3 heterocycles. The number of aromatic amines is 2. The summed E-state index contributed by atoms with van der Waals surface area (Å²) in [5.41, 5.74) is 3.04. The first-order chi connectivity index (χ1) is 12.8. The lowest BCUT2D eigenvalue weighted by Gasteiger charge is -2.06. The minimum absolute atomic E-state index is 0.216. The lowest BCUT2D eigenvalue weighted by atomic mass is 10.1. The van der Waals surface area contributed by atoms with E-state index in [1.165, 1.54) is 0 Å². The first-order valence-corrected chi connectivity index (χ1v) is 8.10. The molecular formula is C19H14N4O3. The number of nitrogens with zero attached hydrogens (tertiary/aromatic N) is 1. The minimum Gasteiger partial charge on any atom is -0.454 e. The molecule has 3 N–H and O–H groups in total. The molecule has 0 saturated heterocycles. The maximum Gasteiger partial charge on any atom is 0.273 e. The van der Waals surface area contributed by atoms with Gasteiger partial charge in [0, 0.05) is 16.5 Å². The molecule has 0 saturated carbocycles. The van der Waals surface area contributed by atoms with Crippen molar-refractivity contribution in [3.05, 3.63) is 60.4 Å². The maximum absolute atomic E-state index is 12.6. The second-order valence-electron chi connectivity index (χ2n) is 5.95. The molecule has 0 aliphatic carbocycles. The molecule has 0 atom stereocenters. The summed E-state index contributed by atoms with van der Waals surface area (Å²) in [6.07, 6.45) is 1.67. The van der Waals surface area contributed by atoms with Crippen molar-refractivity contribution in [3.8, 4) is 22.6 Å². The Morgan fingerprint density at radius 1 is 1.08 bits per heavy atom. The van der Waals surface area contributed by atoms with Crippen LogP contribution in [-0.2, 0) is 0 Å².